The number of aliphatic hydroxyl groups is 1. The van der Waals surface area contributed by atoms with Crippen molar-refractivity contribution < 1.29 is 9.84 Å². The third kappa shape index (κ3) is 2.32. The van der Waals surface area contributed by atoms with Gasteiger partial charge in [-0.2, -0.15) is 0 Å². The summed E-state index contributed by atoms with van der Waals surface area (Å²) in [5.41, 5.74) is 2.54. The fourth-order valence-electron chi connectivity index (χ4n) is 2.10. The van der Waals surface area contributed by atoms with Gasteiger partial charge in [-0.1, -0.05) is 12.1 Å². The SMILES string of the molecule is CC1(C)Cc2cc(CCCO)ccc2O1. The minimum atomic E-state index is -0.0576. The van der Waals surface area contributed by atoms with E-state index < -0.39 is 0 Å². The molecular formula is C13H18O2. The molecule has 2 rings (SSSR count). The first-order valence-corrected chi connectivity index (χ1v) is 5.52. The van der Waals surface area contributed by atoms with Crippen LogP contribution in [0.3, 0.4) is 0 Å². The Morgan fingerprint density at radius 2 is 2.20 bits per heavy atom. The zero-order chi connectivity index (χ0) is 10.9. The van der Waals surface area contributed by atoms with Crippen molar-refractivity contribution in [3.8, 4) is 5.75 Å². The molecule has 0 aliphatic carbocycles. The number of aliphatic hydroxyl groups excluding tert-OH is 1. The van der Waals surface area contributed by atoms with E-state index in [1.807, 2.05) is 0 Å². The predicted molar refractivity (Wildman–Crippen MR) is 60.3 cm³/mol. The molecule has 2 nitrogen and oxygen atoms in total. The average molecular weight is 206 g/mol. The number of aryl methyl sites for hydroxylation is 1. The van der Waals surface area contributed by atoms with Crippen LogP contribution in [0.25, 0.3) is 0 Å². The van der Waals surface area contributed by atoms with Crippen LogP contribution < -0.4 is 4.74 Å². The van der Waals surface area contributed by atoms with Crippen LogP contribution in [0.2, 0.25) is 0 Å². The minimum absolute atomic E-state index is 0.0576. The lowest BCUT2D eigenvalue weighted by Crippen LogP contribution is -2.24. The van der Waals surface area contributed by atoms with E-state index in [-0.39, 0.29) is 12.2 Å². The van der Waals surface area contributed by atoms with Gasteiger partial charge in [0.1, 0.15) is 11.4 Å². The number of fused-ring (bicyclic) bond motifs is 1. The number of ether oxygens (including phenoxy) is 1. The first-order valence-electron chi connectivity index (χ1n) is 5.52. The van der Waals surface area contributed by atoms with E-state index in [4.69, 9.17) is 9.84 Å². The molecule has 1 aromatic carbocycles. The van der Waals surface area contributed by atoms with Crippen molar-refractivity contribution >= 4 is 0 Å². The highest BCUT2D eigenvalue weighted by atomic mass is 16.5. The second kappa shape index (κ2) is 3.86. The molecule has 15 heavy (non-hydrogen) atoms. The van der Waals surface area contributed by atoms with E-state index in [9.17, 15) is 0 Å². The van der Waals surface area contributed by atoms with Crippen LogP contribution in [-0.2, 0) is 12.8 Å². The summed E-state index contributed by atoms with van der Waals surface area (Å²) in [6.07, 6.45) is 2.77. The summed E-state index contributed by atoms with van der Waals surface area (Å²) < 4.78 is 5.80. The molecule has 0 spiro atoms. The lowest BCUT2D eigenvalue weighted by atomic mass is 9.99. The molecule has 0 saturated carbocycles. The molecule has 1 heterocycles. The fourth-order valence-corrected chi connectivity index (χ4v) is 2.10. The normalized spacial score (nSPS) is 17.3. The predicted octanol–water partition coefficient (Wildman–Crippen LogP) is 2.33. The van der Waals surface area contributed by atoms with Crippen molar-refractivity contribution in [1.29, 1.82) is 0 Å². The van der Waals surface area contributed by atoms with Crippen LogP contribution >= 0.6 is 0 Å². The van der Waals surface area contributed by atoms with Crippen molar-refractivity contribution in [1.82, 2.24) is 0 Å². The average Bonchev–Trinajstić information content (AvgIpc) is 2.47. The highest BCUT2D eigenvalue weighted by molar-refractivity contribution is 5.41. The summed E-state index contributed by atoms with van der Waals surface area (Å²) in [6.45, 7) is 4.49. The Morgan fingerprint density at radius 1 is 1.40 bits per heavy atom. The van der Waals surface area contributed by atoms with Gasteiger partial charge in [0, 0.05) is 13.0 Å². The molecular weight excluding hydrogens is 188 g/mol. The molecule has 0 atom stereocenters. The Bertz CT molecular complexity index is 356. The topological polar surface area (TPSA) is 29.5 Å². The lowest BCUT2D eigenvalue weighted by Gasteiger charge is -2.16. The van der Waals surface area contributed by atoms with Crippen molar-refractivity contribution in [2.75, 3.05) is 6.61 Å². The Labute approximate surface area is 90.9 Å². The van der Waals surface area contributed by atoms with Gasteiger partial charge in [-0.15, -0.1) is 0 Å². The molecule has 2 heteroatoms. The molecule has 0 aromatic heterocycles. The molecule has 1 aromatic rings. The van der Waals surface area contributed by atoms with Crippen LogP contribution in [0.5, 0.6) is 5.75 Å². The largest absolute Gasteiger partial charge is 0.487 e. The standard InChI is InChI=1S/C13H18O2/c1-13(2)9-11-8-10(4-3-7-14)5-6-12(11)15-13/h5-6,8,14H,3-4,7,9H2,1-2H3. The minimum Gasteiger partial charge on any atom is -0.487 e. The van der Waals surface area contributed by atoms with E-state index >= 15 is 0 Å². The highest BCUT2D eigenvalue weighted by Crippen LogP contribution is 2.35. The summed E-state index contributed by atoms with van der Waals surface area (Å²) in [6, 6.07) is 6.35. The molecule has 0 unspecified atom stereocenters. The second-order valence-corrected chi connectivity index (χ2v) is 4.81. The van der Waals surface area contributed by atoms with E-state index in [1.54, 1.807) is 0 Å². The maximum atomic E-state index is 8.78. The molecule has 0 radical (unpaired) electrons. The monoisotopic (exact) mass is 206 g/mol. The van der Waals surface area contributed by atoms with E-state index in [2.05, 4.69) is 32.0 Å². The van der Waals surface area contributed by atoms with Gasteiger partial charge in [-0.3, -0.25) is 0 Å². The molecule has 1 aliphatic rings. The van der Waals surface area contributed by atoms with Crippen LogP contribution in [0.1, 0.15) is 31.4 Å². The summed E-state index contributed by atoms with van der Waals surface area (Å²) in [5, 5.41) is 8.78. The third-order valence-electron chi connectivity index (χ3n) is 2.75. The molecule has 0 bridgehead atoms. The first kappa shape index (κ1) is 10.5. The smallest absolute Gasteiger partial charge is 0.123 e. The Balaban J connectivity index is 2.15. The number of hydrogen-bond acceptors (Lipinski definition) is 2. The van der Waals surface area contributed by atoms with Crippen molar-refractivity contribution in [3.05, 3.63) is 29.3 Å². The molecule has 1 N–H and O–H groups in total. The van der Waals surface area contributed by atoms with E-state index in [0.717, 1.165) is 25.0 Å². The summed E-state index contributed by atoms with van der Waals surface area (Å²) in [4.78, 5) is 0. The van der Waals surface area contributed by atoms with Gasteiger partial charge in [-0.05, 0) is 43.9 Å². The van der Waals surface area contributed by atoms with Crippen molar-refractivity contribution in [2.45, 2.75) is 38.7 Å². The van der Waals surface area contributed by atoms with Gasteiger partial charge >= 0.3 is 0 Å². The Kier molecular flexibility index (Phi) is 2.70. The van der Waals surface area contributed by atoms with Gasteiger partial charge in [0.25, 0.3) is 0 Å². The van der Waals surface area contributed by atoms with Gasteiger partial charge in [-0.25, -0.2) is 0 Å². The molecule has 1 aliphatic heterocycles. The molecule has 0 saturated heterocycles. The van der Waals surface area contributed by atoms with E-state index in [0.29, 0.717) is 0 Å². The van der Waals surface area contributed by atoms with Crippen LogP contribution in [0.4, 0.5) is 0 Å². The van der Waals surface area contributed by atoms with Crippen LogP contribution in [-0.4, -0.2) is 17.3 Å². The van der Waals surface area contributed by atoms with Crippen LogP contribution in [0, 0.1) is 0 Å². The third-order valence-corrected chi connectivity index (χ3v) is 2.75. The van der Waals surface area contributed by atoms with Crippen molar-refractivity contribution in [3.63, 3.8) is 0 Å². The molecule has 0 fully saturated rings. The maximum Gasteiger partial charge on any atom is 0.123 e. The maximum absolute atomic E-state index is 8.78. The summed E-state index contributed by atoms with van der Waals surface area (Å²) >= 11 is 0. The second-order valence-electron chi connectivity index (χ2n) is 4.81. The van der Waals surface area contributed by atoms with Crippen LogP contribution in [0.15, 0.2) is 18.2 Å². The number of rotatable bonds is 3. The zero-order valence-electron chi connectivity index (χ0n) is 9.42. The first-order chi connectivity index (χ1) is 7.11. The number of hydrogen-bond donors (Lipinski definition) is 1. The van der Waals surface area contributed by atoms with Gasteiger partial charge in [0.2, 0.25) is 0 Å². The summed E-state index contributed by atoms with van der Waals surface area (Å²) in [5.74, 6) is 1.02. The quantitative estimate of drug-likeness (QED) is 0.822. The van der Waals surface area contributed by atoms with E-state index in [1.165, 1.54) is 11.1 Å². The fraction of sp³-hybridized carbons (Fsp3) is 0.538. The Hall–Kier alpha value is -1.02. The lowest BCUT2D eigenvalue weighted by molar-refractivity contribution is 0.138. The Morgan fingerprint density at radius 3 is 2.93 bits per heavy atom. The van der Waals surface area contributed by atoms with Gasteiger partial charge in [0.05, 0.1) is 0 Å². The summed E-state index contributed by atoms with van der Waals surface area (Å²) in [7, 11) is 0. The van der Waals surface area contributed by atoms with Gasteiger partial charge < -0.3 is 9.84 Å². The van der Waals surface area contributed by atoms with Crippen molar-refractivity contribution in [2.24, 2.45) is 0 Å². The van der Waals surface area contributed by atoms with Gasteiger partial charge in [0.15, 0.2) is 0 Å². The zero-order valence-corrected chi connectivity index (χ0v) is 9.42. The number of benzene rings is 1. The highest BCUT2D eigenvalue weighted by Gasteiger charge is 2.29. The molecule has 82 valence electrons. The molecule has 0 amide bonds.